The normalized spacial score (nSPS) is 11.2. The van der Waals surface area contributed by atoms with E-state index in [9.17, 15) is 4.79 Å². The maximum atomic E-state index is 12.0. The summed E-state index contributed by atoms with van der Waals surface area (Å²) in [7, 11) is 5.62. The molecule has 0 saturated heterocycles. The molecular formula is C10H8BN5O2. The highest BCUT2D eigenvalue weighted by Gasteiger charge is 2.10. The summed E-state index contributed by atoms with van der Waals surface area (Å²) < 4.78 is 7.57. The molecule has 3 heterocycles. The van der Waals surface area contributed by atoms with Crippen molar-refractivity contribution in [2.75, 3.05) is 0 Å². The lowest BCUT2D eigenvalue weighted by Gasteiger charge is -1.92. The van der Waals surface area contributed by atoms with E-state index in [0.717, 1.165) is 0 Å². The molecule has 3 rings (SSSR count). The summed E-state index contributed by atoms with van der Waals surface area (Å²) in [5.74, 6) is 0.858. The minimum atomic E-state index is -0.298. The first-order valence-electron chi connectivity index (χ1n) is 5.27. The number of pyridine rings is 1. The van der Waals surface area contributed by atoms with Gasteiger partial charge < -0.3 is 4.52 Å². The van der Waals surface area contributed by atoms with Crippen molar-refractivity contribution in [1.82, 2.24) is 24.3 Å². The van der Waals surface area contributed by atoms with Crippen LogP contribution in [0.2, 0.25) is 0 Å². The zero-order chi connectivity index (χ0) is 12.7. The Morgan fingerprint density at radius 3 is 3.00 bits per heavy atom. The minimum Gasteiger partial charge on any atom is -0.337 e. The number of aromatic nitrogens is 5. The van der Waals surface area contributed by atoms with E-state index in [-0.39, 0.29) is 12.2 Å². The van der Waals surface area contributed by atoms with Crippen LogP contribution in [0.1, 0.15) is 11.7 Å². The van der Waals surface area contributed by atoms with E-state index in [1.54, 1.807) is 19.1 Å². The third kappa shape index (κ3) is 1.71. The molecule has 18 heavy (non-hydrogen) atoms. The molecule has 88 valence electrons. The smallest absolute Gasteiger partial charge is 0.337 e. The van der Waals surface area contributed by atoms with Crippen molar-refractivity contribution in [3.63, 3.8) is 0 Å². The Labute approximate surface area is 102 Å². The number of aryl methyl sites for hydroxylation is 1. The Morgan fingerprint density at radius 2 is 2.28 bits per heavy atom. The van der Waals surface area contributed by atoms with Crippen LogP contribution in [0, 0.1) is 6.92 Å². The highest BCUT2D eigenvalue weighted by Crippen LogP contribution is 1.99. The van der Waals surface area contributed by atoms with Gasteiger partial charge in [0.05, 0.1) is 0 Å². The summed E-state index contributed by atoms with van der Waals surface area (Å²) in [5.41, 5.74) is 0.719. The van der Waals surface area contributed by atoms with E-state index >= 15 is 0 Å². The Morgan fingerprint density at radius 1 is 1.44 bits per heavy atom. The maximum absolute atomic E-state index is 12.0. The number of nitrogens with zero attached hydrogens (tertiary/aromatic N) is 5. The molecule has 0 aliphatic heterocycles. The van der Waals surface area contributed by atoms with Crippen LogP contribution < -0.4 is 11.2 Å². The van der Waals surface area contributed by atoms with Gasteiger partial charge in [-0.25, -0.2) is 9.48 Å². The molecule has 0 atom stereocenters. The van der Waals surface area contributed by atoms with Gasteiger partial charge in [0.25, 0.3) is 0 Å². The number of fused-ring (bicyclic) bond motifs is 1. The molecule has 0 amide bonds. The standard InChI is InChI=1S/C10H8BN5O2/c1-6-12-9(18-14-6)5-16-10(17)15-4-7(11)2-3-8(15)13-16/h2-4H,5H2,1H3. The van der Waals surface area contributed by atoms with Crippen LogP contribution in [0.5, 0.6) is 0 Å². The van der Waals surface area contributed by atoms with Gasteiger partial charge in [-0.3, -0.25) is 4.40 Å². The molecular weight excluding hydrogens is 233 g/mol. The van der Waals surface area contributed by atoms with Crippen LogP contribution in [-0.4, -0.2) is 32.2 Å². The molecule has 0 aliphatic rings. The number of hydrogen-bond acceptors (Lipinski definition) is 5. The first-order valence-corrected chi connectivity index (χ1v) is 5.27. The van der Waals surface area contributed by atoms with E-state index in [2.05, 4.69) is 15.2 Å². The molecule has 3 aromatic rings. The molecule has 0 saturated carbocycles. The summed E-state index contributed by atoms with van der Waals surface area (Å²) in [6.45, 7) is 1.85. The molecule has 3 aromatic heterocycles. The molecule has 0 N–H and O–H groups in total. The average molecular weight is 241 g/mol. The first-order chi connectivity index (χ1) is 8.63. The number of rotatable bonds is 2. The molecule has 0 aromatic carbocycles. The van der Waals surface area contributed by atoms with Crippen molar-refractivity contribution in [3.05, 3.63) is 40.5 Å². The van der Waals surface area contributed by atoms with Gasteiger partial charge in [-0.1, -0.05) is 16.7 Å². The lowest BCUT2D eigenvalue weighted by atomic mass is 9.99. The summed E-state index contributed by atoms with van der Waals surface area (Å²) in [4.78, 5) is 16.0. The fourth-order valence-electron chi connectivity index (χ4n) is 1.67. The third-order valence-electron chi connectivity index (χ3n) is 2.45. The van der Waals surface area contributed by atoms with Crippen molar-refractivity contribution in [2.45, 2.75) is 13.5 Å². The summed E-state index contributed by atoms with van der Waals surface area (Å²) >= 11 is 0. The molecule has 0 spiro atoms. The third-order valence-corrected chi connectivity index (χ3v) is 2.45. The number of hydrogen-bond donors (Lipinski definition) is 0. The van der Waals surface area contributed by atoms with Crippen molar-refractivity contribution in [2.24, 2.45) is 0 Å². The highest BCUT2D eigenvalue weighted by molar-refractivity contribution is 6.32. The second-order valence-electron chi connectivity index (χ2n) is 3.87. The molecule has 0 bridgehead atoms. The van der Waals surface area contributed by atoms with Gasteiger partial charge in [0, 0.05) is 6.20 Å². The summed E-state index contributed by atoms with van der Waals surface area (Å²) in [5, 5.41) is 7.80. The van der Waals surface area contributed by atoms with E-state index in [0.29, 0.717) is 22.8 Å². The zero-order valence-electron chi connectivity index (χ0n) is 9.57. The Bertz CT molecular complexity index is 772. The van der Waals surface area contributed by atoms with Crippen LogP contribution in [0.3, 0.4) is 0 Å². The Kier molecular flexibility index (Phi) is 2.29. The van der Waals surface area contributed by atoms with Crippen molar-refractivity contribution in [1.29, 1.82) is 0 Å². The van der Waals surface area contributed by atoms with Crippen LogP contribution in [-0.2, 0) is 6.54 Å². The molecule has 0 unspecified atom stereocenters. The second-order valence-corrected chi connectivity index (χ2v) is 3.87. The lowest BCUT2D eigenvalue weighted by Crippen LogP contribution is -2.23. The van der Waals surface area contributed by atoms with Gasteiger partial charge in [-0.05, 0) is 13.0 Å². The molecule has 0 aliphatic carbocycles. The van der Waals surface area contributed by atoms with Crippen molar-refractivity contribution < 1.29 is 4.52 Å². The van der Waals surface area contributed by atoms with Crippen LogP contribution in [0.15, 0.2) is 27.6 Å². The van der Waals surface area contributed by atoms with Gasteiger partial charge >= 0.3 is 5.69 Å². The van der Waals surface area contributed by atoms with Gasteiger partial charge in [-0.2, -0.15) is 4.98 Å². The van der Waals surface area contributed by atoms with Crippen LogP contribution in [0.25, 0.3) is 5.65 Å². The predicted octanol–water partition coefficient (Wildman–Crippen LogP) is -0.970. The summed E-state index contributed by atoms with van der Waals surface area (Å²) in [6, 6.07) is 3.36. The van der Waals surface area contributed by atoms with E-state index in [1.165, 1.54) is 15.3 Å². The predicted molar refractivity (Wildman–Crippen MR) is 63.0 cm³/mol. The van der Waals surface area contributed by atoms with Crippen LogP contribution in [0.4, 0.5) is 0 Å². The van der Waals surface area contributed by atoms with Crippen LogP contribution >= 0.6 is 0 Å². The zero-order valence-corrected chi connectivity index (χ0v) is 9.57. The maximum Gasteiger partial charge on any atom is 0.350 e. The average Bonchev–Trinajstić information content (AvgIpc) is 2.86. The fraction of sp³-hybridized carbons (Fsp3) is 0.200. The Balaban J connectivity index is 2.07. The second kappa shape index (κ2) is 3.83. The first kappa shape index (κ1) is 10.8. The topological polar surface area (TPSA) is 78.2 Å². The summed E-state index contributed by atoms with van der Waals surface area (Å²) in [6.07, 6.45) is 1.53. The quantitative estimate of drug-likeness (QED) is 0.539. The SMILES string of the molecule is [B]c1ccc2nn(Cc3nc(C)no3)c(=O)n2c1. The minimum absolute atomic E-state index is 0.140. The van der Waals surface area contributed by atoms with Gasteiger partial charge in [0.2, 0.25) is 5.89 Å². The highest BCUT2D eigenvalue weighted by atomic mass is 16.5. The molecule has 2 radical (unpaired) electrons. The monoisotopic (exact) mass is 241 g/mol. The van der Waals surface area contributed by atoms with Crippen molar-refractivity contribution in [3.8, 4) is 0 Å². The Hall–Kier alpha value is -2.38. The van der Waals surface area contributed by atoms with E-state index in [4.69, 9.17) is 12.4 Å². The van der Waals surface area contributed by atoms with Gasteiger partial charge in [0.15, 0.2) is 11.5 Å². The van der Waals surface area contributed by atoms with Crippen molar-refractivity contribution >= 4 is 19.0 Å². The van der Waals surface area contributed by atoms with Gasteiger partial charge in [-0.15, -0.1) is 5.10 Å². The van der Waals surface area contributed by atoms with E-state index < -0.39 is 0 Å². The van der Waals surface area contributed by atoms with Gasteiger partial charge in [0.1, 0.15) is 14.4 Å². The largest absolute Gasteiger partial charge is 0.350 e. The molecule has 0 fully saturated rings. The molecule has 8 heteroatoms. The molecule has 7 nitrogen and oxygen atoms in total. The fourth-order valence-corrected chi connectivity index (χ4v) is 1.67. The van der Waals surface area contributed by atoms with E-state index in [1.807, 2.05) is 0 Å². The lowest BCUT2D eigenvalue weighted by molar-refractivity contribution is 0.361.